The summed E-state index contributed by atoms with van der Waals surface area (Å²) in [5.74, 6) is -0.886. The number of carbonyl (C=O) groups excluding carboxylic acids is 2. The Kier molecular flexibility index (Phi) is 16.1. The molecule has 0 saturated heterocycles. The fraction of sp³-hybridized carbons (Fsp3) is 0.182. The van der Waals surface area contributed by atoms with Crippen molar-refractivity contribution >= 4 is 23.1 Å². The largest absolute Gasteiger partial charge is 1.00 e. The van der Waals surface area contributed by atoms with Crippen LogP contribution in [0.15, 0.2) is 60.7 Å². The first-order valence-corrected chi connectivity index (χ1v) is 7.95. The molecule has 2 aromatic rings. The maximum absolute atomic E-state index is 10.8. The summed E-state index contributed by atoms with van der Waals surface area (Å²) in [6.45, 7) is 3.65. The Morgan fingerprint density at radius 2 is 0.964 bits per heavy atom. The van der Waals surface area contributed by atoms with Crippen molar-refractivity contribution in [3.63, 3.8) is 0 Å². The Bertz CT molecular complexity index is 704. The molecule has 0 radical (unpaired) electrons. The van der Waals surface area contributed by atoms with Gasteiger partial charge >= 0.3 is 35.9 Å². The molecule has 146 valence electrons. The van der Waals surface area contributed by atoms with E-state index >= 15 is 0 Å². The van der Waals surface area contributed by atoms with Gasteiger partial charge in [-0.05, 0) is 0 Å². The van der Waals surface area contributed by atoms with Crippen LogP contribution in [0.1, 0.15) is 25.0 Å². The normalized spacial score (nSPS) is 10.3. The minimum absolute atomic E-state index is 0. The fourth-order valence-corrected chi connectivity index (χ4v) is 1.93. The van der Waals surface area contributed by atoms with Gasteiger partial charge in [0.1, 0.15) is 0 Å². The molecule has 0 amide bonds. The van der Waals surface area contributed by atoms with Crippen LogP contribution >= 0.6 is 0 Å². The molecule has 0 spiro atoms. The summed E-state index contributed by atoms with van der Waals surface area (Å²) in [6.07, 6.45) is 5.20. The summed E-state index contributed by atoms with van der Waals surface area (Å²) in [7, 11) is 2.68. The predicted octanol–water partition coefficient (Wildman–Crippen LogP) is 1.13. The Labute approximate surface area is 189 Å². The van der Waals surface area contributed by atoms with E-state index in [9.17, 15) is 9.59 Å². The van der Waals surface area contributed by atoms with E-state index in [0.717, 1.165) is 22.3 Å². The van der Waals surface area contributed by atoms with Crippen LogP contribution in [0.25, 0.3) is 11.1 Å². The summed E-state index contributed by atoms with van der Waals surface area (Å²) >= 11 is 0. The molecule has 0 bridgehead atoms. The molecule has 2 rings (SSSR count). The third kappa shape index (κ3) is 11.0. The topological polar surface area (TPSA) is 52.6 Å². The molecular formula is C22H22CuLiO4. The van der Waals surface area contributed by atoms with Crippen LogP contribution in [0.2, 0.25) is 0 Å². The van der Waals surface area contributed by atoms with E-state index in [1.54, 1.807) is 0 Å². The van der Waals surface area contributed by atoms with Crippen LogP contribution in [-0.2, 0) is 36.1 Å². The van der Waals surface area contributed by atoms with Crippen molar-refractivity contribution in [3.8, 4) is 0 Å². The molecule has 0 aliphatic heterocycles. The molecule has 6 heteroatoms. The first kappa shape index (κ1) is 28.2. The van der Waals surface area contributed by atoms with Crippen LogP contribution in [0.5, 0.6) is 0 Å². The van der Waals surface area contributed by atoms with Gasteiger partial charge in [0.05, 0.1) is 14.2 Å². The number of hydrogen-bond acceptors (Lipinski definition) is 4. The summed E-state index contributed by atoms with van der Waals surface area (Å²) < 4.78 is 8.94. The van der Waals surface area contributed by atoms with Crippen molar-refractivity contribution in [2.75, 3.05) is 14.2 Å². The molecule has 4 nitrogen and oxygen atoms in total. The standard InChI is InChI=1S/2C11H11O2.Cu.Li/c2*1-9(8-11(12)13-2)10-6-4-3-5-7-10;;/h2*3-7H,1-2H3;;/q2*-1;2*+1. The zero-order valence-electron chi connectivity index (χ0n) is 16.7. The number of methoxy groups -OCH3 is 2. The first-order valence-electron chi connectivity index (χ1n) is 7.95. The van der Waals surface area contributed by atoms with Crippen molar-refractivity contribution in [1.29, 1.82) is 0 Å². The molecule has 0 aromatic heterocycles. The predicted molar refractivity (Wildman–Crippen MR) is 102 cm³/mol. The van der Waals surface area contributed by atoms with Gasteiger partial charge in [0.2, 0.25) is 11.9 Å². The van der Waals surface area contributed by atoms with Gasteiger partial charge in [-0.2, -0.15) is 23.3 Å². The minimum Gasteiger partial charge on any atom is -0.480 e. The van der Waals surface area contributed by atoms with Gasteiger partial charge in [-0.3, -0.25) is 9.59 Å². The summed E-state index contributed by atoms with van der Waals surface area (Å²) in [5.41, 5.74) is 3.53. The maximum atomic E-state index is 10.8. The number of hydrogen-bond donors (Lipinski definition) is 0. The molecule has 0 unspecified atom stereocenters. The van der Waals surface area contributed by atoms with E-state index in [1.165, 1.54) is 14.2 Å². The van der Waals surface area contributed by atoms with E-state index in [0.29, 0.717) is 0 Å². The van der Waals surface area contributed by atoms with Crippen LogP contribution in [0, 0.1) is 12.2 Å². The van der Waals surface area contributed by atoms with Gasteiger partial charge in [0.15, 0.2) is 0 Å². The SMILES string of the molecule is COC(=O)[C-]=C(C)c1ccccc1.COC(=O)[C-]=C(C)c1ccccc1.[Cu+].[Li+]. The number of ether oxygens (including phenoxy) is 2. The van der Waals surface area contributed by atoms with Gasteiger partial charge in [-0.15, -0.1) is 24.3 Å². The molecule has 0 heterocycles. The number of esters is 2. The van der Waals surface area contributed by atoms with Gasteiger partial charge in [-0.25, -0.2) is 11.1 Å². The third-order valence-electron chi connectivity index (χ3n) is 3.36. The number of benzene rings is 2. The van der Waals surface area contributed by atoms with Crippen molar-refractivity contribution in [2.24, 2.45) is 0 Å². The second-order valence-corrected chi connectivity index (χ2v) is 5.22. The average molecular weight is 421 g/mol. The van der Waals surface area contributed by atoms with Gasteiger partial charge in [0.25, 0.3) is 0 Å². The van der Waals surface area contributed by atoms with Crippen LogP contribution in [0.4, 0.5) is 0 Å². The van der Waals surface area contributed by atoms with E-state index in [1.807, 2.05) is 74.5 Å². The van der Waals surface area contributed by atoms with Crippen molar-refractivity contribution in [3.05, 3.63) is 83.9 Å². The van der Waals surface area contributed by atoms with Crippen molar-refractivity contribution in [1.82, 2.24) is 0 Å². The maximum Gasteiger partial charge on any atom is 1.00 e. The molecule has 0 aliphatic rings. The third-order valence-corrected chi connectivity index (χ3v) is 3.36. The number of carbonyl (C=O) groups is 2. The molecule has 0 N–H and O–H groups in total. The fourth-order valence-electron chi connectivity index (χ4n) is 1.93. The molecule has 0 fully saturated rings. The quantitative estimate of drug-likeness (QED) is 0.322. The average Bonchev–Trinajstić information content (AvgIpc) is 2.69. The monoisotopic (exact) mass is 420 g/mol. The van der Waals surface area contributed by atoms with E-state index < -0.39 is 11.9 Å². The summed E-state index contributed by atoms with van der Waals surface area (Å²) in [5, 5.41) is 0. The Morgan fingerprint density at radius 1 is 0.679 bits per heavy atom. The second kappa shape index (κ2) is 16.0. The van der Waals surface area contributed by atoms with Gasteiger partial charge in [0, 0.05) is 0 Å². The van der Waals surface area contributed by atoms with Crippen molar-refractivity contribution < 1.29 is 55.0 Å². The first-order chi connectivity index (χ1) is 12.5. The van der Waals surface area contributed by atoms with Gasteiger partial charge in [-0.1, -0.05) is 50.2 Å². The molecule has 0 saturated carbocycles. The Balaban J connectivity index is 0. The van der Waals surface area contributed by atoms with Crippen LogP contribution < -0.4 is 18.9 Å². The summed E-state index contributed by atoms with van der Waals surface area (Å²) in [4.78, 5) is 21.7. The molecule has 0 atom stereocenters. The summed E-state index contributed by atoms with van der Waals surface area (Å²) in [6, 6.07) is 19.2. The van der Waals surface area contributed by atoms with Crippen molar-refractivity contribution in [2.45, 2.75) is 13.8 Å². The molecule has 28 heavy (non-hydrogen) atoms. The zero-order chi connectivity index (χ0) is 19.4. The van der Waals surface area contributed by atoms with E-state index in [4.69, 9.17) is 0 Å². The molecule has 2 aromatic carbocycles. The second-order valence-electron chi connectivity index (χ2n) is 5.22. The molecular weight excluding hydrogens is 399 g/mol. The van der Waals surface area contributed by atoms with E-state index in [2.05, 4.69) is 21.6 Å². The van der Waals surface area contributed by atoms with Crippen LogP contribution in [0.3, 0.4) is 0 Å². The Hall–Kier alpha value is -2.02. The smallest absolute Gasteiger partial charge is 0.480 e. The van der Waals surface area contributed by atoms with Crippen LogP contribution in [-0.4, -0.2) is 26.2 Å². The number of allylic oxidation sites excluding steroid dienone is 2. The zero-order valence-corrected chi connectivity index (χ0v) is 17.6. The minimum atomic E-state index is -0.443. The molecule has 0 aliphatic carbocycles. The van der Waals surface area contributed by atoms with E-state index in [-0.39, 0.29) is 35.9 Å². The Morgan fingerprint density at radius 3 is 1.21 bits per heavy atom. The number of rotatable bonds is 4. The van der Waals surface area contributed by atoms with Gasteiger partial charge < -0.3 is 9.47 Å².